The molecule has 1 nitrogen and oxygen atoms in total. The van der Waals surface area contributed by atoms with Crippen molar-refractivity contribution in [3.63, 3.8) is 0 Å². The number of aliphatic hydroxyl groups is 1. The summed E-state index contributed by atoms with van der Waals surface area (Å²) in [7, 11) is 0. The lowest BCUT2D eigenvalue weighted by atomic mass is 9.92. The summed E-state index contributed by atoms with van der Waals surface area (Å²) >= 11 is 0. The zero-order chi connectivity index (χ0) is 7.90. The number of rotatable bonds is 3. The molecule has 64 valence electrons. The second-order valence-electron chi connectivity index (χ2n) is 4.49. The minimum Gasteiger partial charge on any atom is -0.390 e. The first kappa shape index (κ1) is 7.60. The molecule has 2 rings (SSSR count). The fourth-order valence-electron chi connectivity index (χ4n) is 2.58. The Labute approximate surface area is 68.8 Å². The van der Waals surface area contributed by atoms with Gasteiger partial charge in [0.15, 0.2) is 0 Å². The van der Waals surface area contributed by atoms with E-state index < -0.39 is 0 Å². The van der Waals surface area contributed by atoms with E-state index in [4.69, 9.17) is 0 Å². The van der Waals surface area contributed by atoms with Crippen LogP contribution in [0.5, 0.6) is 0 Å². The third-order valence-electron chi connectivity index (χ3n) is 3.35. The lowest BCUT2D eigenvalue weighted by Gasteiger charge is -2.23. The van der Waals surface area contributed by atoms with Crippen LogP contribution in [0.25, 0.3) is 0 Å². The first-order valence-electron chi connectivity index (χ1n) is 4.96. The Morgan fingerprint density at radius 3 is 2.55 bits per heavy atom. The van der Waals surface area contributed by atoms with Crippen LogP contribution >= 0.6 is 0 Å². The van der Waals surface area contributed by atoms with Crippen molar-refractivity contribution in [1.82, 2.24) is 0 Å². The minimum atomic E-state index is -0.233. The van der Waals surface area contributed by atoms with Crippen LogP contribution in [-0.2, 0) is 0 Å². The molecule has 2 saturated carbocycles. The first-order valence-corrected chi connectivity index (χ1v) is 4.96. The van der Waals surface area contributed by atoms with E-state index in [1.807, 2.05) is 0 Å². The maximum Gasteiger partial charge on any atom is 0.0653 e. The minimum absolute atomic E-state index is 0.233. The van der Waals surface area contributed by atoms with Crippen molar-refractivity contribution in [3.05, 3.63) is 0 Å². The average molecular weight is 154 g/mol. The zero-order valence-corrected chi connectivity index (χ0v) is 7.34. The third kappa shape index (κ3) is 1.44. The van der Waals surface area contributed by atoms with Crippen LogP contribution < -0.4 is 0 Å². The molecular weight excluding hydrogens is 136 g/mol. The Bertz CT molecular complexity index is 143. The molecule has 2 fully saturated rings. The van der Waals surface area contributed by atoms with Gasteiger partial charge in [0, 0.05) is 0 Å². The molecule has 0 radical (unpaired) electrons. The summed E-state index contributed by atoms with van der Waals surface area (Å²) in [5.41, 5.74) is -0.233. The van der Waals surface area contributed by atoms with Crippen molar-refractivity contribution in [2.45, 2.75) is 51.0 Å². The first-order chi connectivity index (χ1) is 5.23. The molecule has 2 aliphatic carbocycles. The van der Waals surface area contributed by atoms with Crippen LogP contribution in [-0.4, -0.2) is 10.7 Å². The standard InChI is InChI=1S/C10H18O/c1-2-3-4-10(11)6-8-5-9(8)7-10/h8-9,11H,2-7H2,1H3. The number of hydrogen-bond donors (Lipinski definition) is 1. The Hall–Kier alpha value is -0.0400. The van der Waals surface area contributed by atoms with Crippen LogP contribution in [0.4, 0.5) is 0 Å². The smallest absolute Gasteiger partial charge is 0.0653 e. The maximum absolute atomic E-state index is 10.0. The highest BCUT2D eigenvalue weighted by Crippen LogP contribution is 2.57. The van der Waals surface area contributed by atoms with E-state index in [2.05, 4.69) is 6.92 Å². The summed E-state index contributed by atoms with van der Waals surface area (Å²) in [5.74, 6) is 1.83. The van der Waals surface area contributed by atoms with Gasteiger partial charge < -0.3 is 5.11 Å². The number of fused-ring (bicyclic) bond motifs is 1. The fourth-order valence-corrected chi connectivity index (χ4v) is 2.58. The molecule has 2 unspecified atom stereocenters. The van der Waals surface area contributed by atoms with Gasteiger partial charge in [0.05, 0.1) is 5.60 Å². The van der Waals surface area contributed by atoms with E-state index in [0.29, 0.717) is 0 Å². The van der Waals surface area contributed by atoms with Gasteiger partial charge in [0.1, 0.15) is 0 Å². The lowest BCUT2D eigenvalue weighted by molar-refractivity contribution is 0.0242. The summed E-state index contributed by atoms with van der Waals surface area (Å²) in [6, 6.07) is 0. The van der Waals surface area contributed by atoms with Crippen LogP contribution in [0, 0.1) is 11.8 Å². The van der Waals surface area contributed by atoms with Gasteiger partial charge in [-0.1, -0.05) is 19.8 Å². The van der Waals surface area contributed by atoms with E-state index in [0.717, 1.165) is 31.1 Å². The third-order valence-corrected chi connectivity index (χ3v) is 3.35. The van der Waals surface area contributed by atoms with E-state index >= 15 is 0 Å². The van der Waals surface area contributed by atoms with Crippen LogP contribution in [0.1, 0.15) is 45.4 Å². The van der Waals surface area contributed by atoms with Crippen molar-refractivity contribution in [2.75, 3.05) is 0 Å². The van der Waals surface area contributed by atoms with Gasteiger partial charge in [0.25, 0.3) is 0 Å². The average Bonchev–Trinajstić information content (AvgIpc) is 2.57. The van der Waals surface area contributed by atoms with Crippen LogP contribution in [0.3, 0.4) is 0 Å². The second-order valence-corrected chi connectivity index (χ2v) is 4.49. The van der Waals surface area contributed by atoms with E-state index in [-0.39, 0.29) is 5.60 Å². The van der Waals surface area contributed by atoms with Crippen molar-refractivity contribution in [3.8, 4) is 0 Å². The van der Waals surface area contributed by atoms with Crippen molar-refractivity contribution in [2.24, 2.45) is 11.8 Å². The van der Waals surface area contributed by atoms with Crippen molar-refractivity contribution >= 4 is 0 Å². The lowest BCUT2D eigenvalue weighted by Crippen LogP contribution is -2.25. The molecule has 0 aromatic heterocycles. The van der Waals surface area contributed by atoms with Gasteiger partial charge in [-0.05, 0) is 37.5 Å². The van der Waals surface area contributed by atoms with Gasteiger partial charge in [0.2, 0.25) is 0 Å². The molecule has 1 heteroatoms. The molecule has 1 N–H and O–H groups in total. The predicted octanol–water partition coefficient (Wildman–Crippen LogP) is 2.34. The Morgan fingerprint density at radius 1 is 1.36 bits per heavy atom. The van der Waals surface area contributed by atoms with E-state index in [9.17, 15) is 5.11 Å². The van der Waals surface area contributed by atoms with Crippen molar-refractivity contribution < 1.29 is 5.11 Å². The molecule has 0 spiro atoms. The summed E-state index contributed by atoms with van der Waals surface area (Å²) in [6.45, 7) is 2.19. The molecule has 0 heterocycles. The predicted molar refractivity (Wildman–Crippen MR) is 45.3 cm³/mol. The monoisotopic (exact) mass is 154 g/mol. The molecule has 0 bridgehead atoms. The van der Waals surface area contributed by atoms with Crippen molar-refractivity contribution in [1.29, 1.82) is 0 Å². The SMILES string of the molecule is CCCCC1(O)CC2CC2C1. The topological polar surface area (TPSA) is 20.2 Å². The summed E-state index contributed by atoms with van der Waals surface area (Å²) in [6.07, 6.45) is 7.11. The molecule has 2 aliphatic rings. The van der Waals surface area contributed by atoms with Gasteiger partial charge in [-0.15, -0.1) is 0 Å². The van der Waals surface area contributed by atoms with Crippen LogP contribution in [0.2, 0.25) is 0 Å². The molecule has 0 amide bonds. The Kier molecular flexibility index (Phi) is 1.71. The molecule has 11 heavy (non-hydrogen) atoms. The molecule has 2 atom stereocenters. The molecule has 0 aliphatic heterocycles. The zero-order valence-electron chi connectivity index (χ0n) is 7.34. The Balaban J connectivity index is 1.81. The van der Waals surface area contributed by atoms with Gasteiger partial charge >= 0.3 is 0 Å². The number of unbranched alkanes of at least 4 members (excludes halogenated alkanes) is 1. The molecule has 0 saturated heterocycles. The van der Waals surface area contributed by atoms with E-state index in [1.165, 1.54) is 19.3 Å². The second kappa shape index (κ2) is 2.48. The summed E-state index contributed by atoms with van der Waals surface area (Å²) < 4.78 is 0. The van der Waals surface area contributed by atoms with Gasteiger partial charge in [-0.25, -0.2) is 0 Å². The normalized spacial score (nSPS) is 47.5. The maximum atomic E-state index is 10.0. The fraction of sp³-hybridized carbons (Fsp3) is 1.00. The molecule has 0 aromatic rings. The largest absolute Gasteiger partial charge is 0.390 e. The molecule has 0 aromatic carbocycles. The highest BCUT2D eigenvalue weighted by Gasteiger charge is 2.52. The van der Waals surface area contributed by atoms with E-state index in [1.54, 1.807) is 0 Å². The van der Waals surface area contributed by atoms with Gasteiger partial charge in [-0.2, -0.15) is 0 Å². The summed E-state index contributed by atoms with van der Waals surface area (Å²) in [4.78, 5) is 0. The number of hydrogen-bond acceptors (Lipinski definition) is 1. The highest BCUT2D eigenvalue weighted by molar-refractivity contribution is 5.03. The van der Waals surface area contributed by atoms with Gasteiger partial charge in [-0.3, -0.25) is 0 Å². The quantitative estimate of drug-likeness (QED) is 0.661. The highest BCUT2D eigenvalue weighted by atomic mass is 16.3. The Morgan fingerprint density at radius 2 is 2.00 bits per heavy atom. The summed E-state index contributed by atoms with van der Waals surface area (Å²) in [5, 5.41) is 10.0. The molecular formula is C10H18O. The van der Waals surface area contributed by atoms with Crippen LogP contribution in [0.15, 0.2) is 0 Å².